The third-order valence-corrected chi connectivity index (χ3v) is 2.74. The van der Waals surface area contributed by atoms with Gasteiger partial charge in [-0.3, -0.25) is 5.43 Å². The molecular weight excluding hydrogens is 308 g/mol. The van der Waals surface area contributed by atoms with E-state index in [0.29, 0.717) is 0 Å². The zero-order valence-electron chi connectivity index (χ0n) is 11.4. The van der Waals surface area contributed by atoms with E-state index in [-0.39, 0.29) is 17.5 Å². The van der Waals surface area contributed by atoms with Gasteiger partial charge in [0.25, 0.3) is 0 Å². The molecule has 3 N–H and O–H groups in total. The Morgan fingerprint density at radius 2 is 2.05 bits per heavy atom. The molecule has 0 aliphatic carbocycles. The van der Waals surface area contributed by atoms with Crippen LogP contribution in [0, 0.1) is 11.6 Å². The Balaban J connectivity index is 2.03. The van der Waals surface area contributed by atoms with Gasteiger partial charge in [-0.2, -0.15) is 9.49 Å². The van der Waals surface area contributed by atoms with Crippen molar-refractivity contribution in [3.63, 3.8) is 0 Å². The third kappa shape index (κ3) is 4.49. The van der Waals surface area contributed by atoms with Gasteiger partial charge in [-0.25, -0.2) is 4.39 Å². The maximum Gasteiger partial charge on any atom is 0.200 e. The Bertz CT molecular complexity index is 707. The lowest BCUT2D eigenvalue weighted by molar-refractivity contribution is 0.284. The molecule has 114 valence electrons. The van der Waals surface area contributed by atoms with Crippen molar-refractivity contribution in [3.8, 4) is 5.75 Å². The standard InChI is InChI=1S/C15H13F2N3OS/c16-12-5-2-6-13(14(12)17)21-9-11-4-1-3-10(7-11)8-19-20-15(18)22/h1-8H,9H2,(H3,18,20,22). The van der Waals surface area contributed by atoms with Gasteiger partial charge in [-0.05, 0) is 41.5 Å². The average molecular weight is 321 g/mol. The summed E-state index contributed by atoms with van der Waals surface area (Å²) in [7, 11) is 0. The largest absolute Gasteiger partial charge is 0.486 e. The monoisotopic (exact) mass is 321 g/mol. The highest BCUT2D eigenvalue weighted by molar-refractivity contribution is 7.80. The van der Waals surface area contributed by atoms with E-state index in [1.165, 1.54) is 18.3 Å². The molecule has 0 fully saturated rings. The molecule has 0 spiro atoms. The predicted molar refractivity (Wildman–Crippen MR) is 84.6 cm³/mol. The molecule has 7 heteroatoms. The summed E-state index contributed by atoms with van der Waals surface area (Å²) in [5.41, 5.74) is 9.25. The SMILES string of the molecule is NC(=S)NN=Cc1cccc(COc2cccc(F)c2F)c1. The number of thiocarbonyl (C=S) groups is 1. The van der Waals surface area contributed by atoms with Crippen molar-refractivity contribution in [2.24, 2.45) is 10.8 Å². The number of ether oxygens (including phenoxy) is 1. The zero-order chi connectivity index (χ0) is 15.9. The fourth-order valence-electron chi connectivity index (χ4n) is 1.69. The second-order valence-electron chi connectivity index (χ2n) is 4.32. The normalized spacial score (nSPS) is 10.6. The lowest BCUT2D eigenvalue weighted by Crippen LogP contribution is -2.23. The second-order valence-corrected chi connectivity index (χ2v) is 4.76. The van der Waals surface area contributed by atoms with Crippen LogP contribution in [0.15, 0.2) is 47.6 Å². The highest BCUT2D eigenvalue weighted by Crippen LogP contribution is 2.20. The number of hydrogen-bond acceptors (Lipinski definition) is 3. The van der Waals surface area contributed by atoms with Crippen molar-refractivity contribution in [1.29, 1.82) is 0 Å². The third-order valence-electron chi connectivity index (χ3n) is 2.65. The van der Waals surface area contributed by atoms with Gasteiger partial charge in [0.05, 0.1) is 6.21 Å². The molecule has 0 aliphatic heterocycles. The van der Waals surface area contributed by atoms with Crippen molar-refractivity contribution in [3.05, 3.63) is 65.2 Å². The fraction of sp³-hybridized carbons (Fsp3) is 0.0667. The smallest absolute Gasteiger partial charge is 0.200 e. The van der Waals surface area contributed by atoms with Gasteiger partial charge in [-0.15, -0.1) is 0 Å². The minimum atomic E-state index is -0.999. The van der Waals surface area contributed by atoms with Crippen LogP contribution in [-0.4, -0.2) is 11.3 Å². The number of rotatable bonds is 5. The van der Waals surface area contributed by atoms with E-state index in [9.17, 15) is 8.78 Å². The van der Waals surface area contributed by atoms with E-state index in [0.717, 1.165) is 17.2 Å². The molecule has 0 bridgehead atoms. The molecule has 0 radical (unpaired) electrons. The minimum absolute atomic E-state index is 0.0670. The number of benzene rings is 2. The molecule has 0 saturated carbocycles. The average Bonchev–Trinajstić information content (AvgIpc) is 2.49. The Morgan fingerprint density at radius 1 is 1.27 bits per heavy atom. The van der Waals surface area contributed by atoms with Gasteiger partial charge in [0.2, 0.25) is 5.82 Å². The molecule has 0 saturated heterocycles. The number of nitrogens with two attached hydrogens (primary N) is 1. The van der Waals surface area contributed by atoms with E-state index in [1.807, 2.05) is 6.07 Å². The van der Waals surface area contributed by atoms with Crippen molar-refractivity contribution in [1.82, 2.24) is 5.43 Å². The van der Waals surface area contributed by atoms with E-state index in [2.05, 4.69) is 22.7 Å². The lowest BCUT2D eigenvalue weighted by Gasteiger charge is -2.08. The van der Waals surface area contributed by atoms with Crippen LogP contribution in [0.4, 0.5) is 8.78 Å². The van der Waals surface area contributed by atoms with Gasteiger partial charge in [0, 0.05) is 0 Å². The first kappa shape index (κ1) is 15.8. The summed E-state index contributed by atoms with van der Waals surface area (Å²) < 4.78 is 31.8. The molecule has 0 atom stereocenters. The van der Waals surface area contributed by atoms with Crippen LogP contribution < -0.4 is 15.9 Å². The van der Waals surface area contributed by atoms with Gasteiger partial charge >= 0.3 is 0 Å². The summed E-state index contributed by atoms with van der Waals surface area (Å²) in [6.45, 7) is 0.102. The van der Waals surface area contributed by atoms with E-state index >= 15 is 0 Å². The number of nitrogens with zero attached hydrogens (tertiary/aromatic N) is 1. The summed E-state index contributed by atoms with van der Waals surface area (Å²) in [5.74, 6) is -2.07. The van der Waals surface area contributed by atoms with E-state index in [1.54, 1.807) is 18.2 Å². The van der Waals surface area contributed by atoms with Crippen LogP contribution in [0.2, 0.25) is 0 Å². The molecule has 0 unspecified atom stereocenters. The van der Waals surface area contributed by atoms with Crippen LogP contribution in [0.3, 0.4) is 0 Å². The number of halogens is 2. The van der Waals surface area contributed by atoms with E-state index in [4.69, 9.17) is 10.5 Å². The molecule has 2 aromatic rings. The Hall–Kier alpha value is -2.54. The topological polar surface area (TPSA) is 59.6 Å². The van der Waals surface area contributed by atoms with Gasteiger partial charge in [0.1, 0.15) is 6.61 Å². The Kier molecular flexibility index (Phi) is 5.37. The maximum atomic E-state index is 13.5. The van der Waals surface area contributed by atoms with Crippen LogP contribution >= 0.6 is 12.2 Å². The Morgan fingerprint density at radius 3 is 2.82 bits per heavy atom. The predicted octanol–water partition coefficient (Wildman–Crippen LogP) is 2.71. The van der Waals surface area contributed by atoms with Gasteiger partial charge in [0.15, 0.2) is 16.7 Å². The summed E-state index contributed by atoms with van der Waals surface area (Å²) in [6.07, 6.45) is 1.53. The highest BCUT2D eigenvalue weighted by atomic mass is 32.1. The first-order valence-electron chi connectivity index (χ1n) is 6.30. The van der Waals surface area contributed by atoms with Crippen molar-refractivity contribution in [2.45, 2.75) is 6.61 Å². The first-order chi connectivity index (χ1) is 10.6. The van der Waals surface area contributed by atoms with Crippen molar-refractivity contribution in [2.75, 3.05) is 0 Å². The maximum absolute atomic E-state index is 13.5. The molecule has 2 aromatic carbocycles. The summed E-state index contributed by atoms with van der Waals surface area (Å²) in [6, 6.07) is 11.0. The van der Waals surface area contributed by atoms with Crippen molar-refractivity contribution < 1.29 is 13.5 Å². The molecule has 0 heterocycles. The highest BCUT2D eigenvalue weighted by Gasteiger charge is 2.08. The lowest BCUT2D eigenvalue weighted by atomic mass is 10.1. The number of hydrogen-bond donors (Lipinski definition) is 2. The van der Waals surface area contributed by atoms with Gasteiger partial charge in [-0.1, -0.05) is 24.3 Å². The summed E-state index contributed by atoms with van der Waals surface area (Å²) in [5, 5.41) is 3.90. The van der Waals surface area contributed by atoms with Crippen molar-refractivity contribution >= 4 is 23.5 Å². The summed E-state index contributed by atoms with van der Waals surface area (Å²) in [4.78, 5) is 0. The van der Waals surface area contributed by atoms with E-state index < -0.39 is 11.6 Å². The number of nitrogens with one attached hydrogen (secondary N) is 1. The summed E-state index contributed by atoms with van der Waals surface area (Å²) >= 11 is 4.62. The minimum Gasteiger partial charge on any atom is -0.486 e. The Labute approximate surface area is 131 Å². The zero-order valence-corrected chi connectivity index (χ0v) is 12.2. The molecule has 0 amide bonds. The molecule has 0 aliphatic rings. The first-order valence-corrected chi connectivity index (χ1v) is 6.71. The number of hydrazone groups is 1. The quantitative estimate of drug-likeness (QED) is 0.505. The molecular formula is C15H13F2N3OS. The van der Waals surface area contributed by atoms with Crippen LogP contribution in [0.25, 0.3) is 0 Å². The molecule has 22 heavy (non-hydrogen) atoms. The second kappa shape index (κ2) is 7.46. The molecule has 0 aromatic heterocycles. The van der Waals surface area contributed by atoms with Crippen LogP contribution in [0.5, 0.6) is 5.75 Å². The fourth-order valence-corrected chi connectivity index (χ4v) is 1.74. The molecule has 2 rings (SSSR count). The van der Waals surface area contributed by atoms with Crippen LogP contribution in [-0.2, 0) is 6.61 Å². The van der Waals surface area contributed by atoms with Crippen LogP contribution in [0.1, 0.15) is 11.1 Å². The van der Waals surface area contributed by atoms with Gasteiger partial charge < -0.3 is 10.5 Å². The molecule has 4 nitrogen and oxygen atoms in total.